The minimum absolute atomic E-state index is 0.141. The lowest BCUT2D eigenvalue weighted by Crippen LogP contribution is -2.29. The van der Waals surface area contributed by atoms with Crippen LogP contribution in [0, 0.1) is 0 Å². The van der Waals surface area contributed by atoms with Gasteiger partial charge in [-0.3, -0.25) is 14.2 Å². The van der Waals surface area contributed by atoms with Crippen molar-refractivity contribution < 1.29 is 4.79 Å². The molecular weight excluding hydrogens is 388 g/mol. The van der Waals surface area contributed by atoms with Crippen molar-refractivity contribution in [3.8, 4) is 0 Å². The molecule has 29 heavy (non-hydrogen) atoms. The second-order valence-corrected chi connectivity index (χ2v) is 7.68. The molecule has 0 radical (unpaired) electrons. The second-order valence-electron chi connectivity index (χ2n) is 7.27. The summed E-state index contributed by atoms with van der Waals surface area (Å²) in [5.41, 5.74) is 2.18. The number of nitrogens with zero attached hydrogens (tertiary/aromatic N) is 3. The first-order valence-corrected chi connectivity index (χ1v) is 10.3. The molecule has 150 valence electrons. The molecule has 0 spiro atoms. The van der Waals surface area contributed by atoms with E-state index in [-0.39, 0.29) is 24.4 Å². The van der Waals surface area contributed by atoms with Crippen molar-refractivity contribution in [3.05, 3.63) is 64.2 Å². The molecule has 1 saturated heterocycles. The van der Waals surface area contributed by atoms with Gasteiger partial charge < -0.3 is 10.2 Å². The molecule has 0 atom stereocenters. The van der Waals surface area contributed by atoms with E-state index in [2.05, 4.69) is 15.2 Å². The van der Waals surface area contributed by atoms with E-state index in [9.17, 15) is 9.59 Å². The van der Waals surface area contributed by atoms with Crippen LogP contribution in [-0.4, -0.2) is 28.5 Å². The van der Waals surface area contributed by atoms with Gasteiger partial charge in [-0.25, -0.2) is 4.98 Å². The lowest BCUT2D eigenvalue weighted by atomic mass is 10.1. The summed E-state index contributed by atoms with van der Waals surface area (Å²) in [6, 6.07) is 12.8. The quantitative estimate of drug-likeness (QED) is 0.688. The second kappa shape index (κ2) is 8.66. The Kier molecular flexibility index (Phi) is 5.81. The summed E-state index contributed by atoms with van der Waals surface area (Å²) in [5, 5.41) is 4.05. The lowest BCUT2D eigenvalue weighted by Gasteiger charge is -2.29. The molecule has 0 aliphatic carbocycles. The van der Waals surface area contributed by atoms with Gasteiger partial charge in [0.25, 0.3) is 5.56 Å². The lowest BCUT2D eigenvalue weighted by molar-refractivity contribution is -0.116. The van der Waals surface area contributed by atoms with E-state index >= 15 is 0 Å². The normalized spacial score (nSPS) is 14.2. The number of fused-ring (bicyclic) bond motifs is 1. The van der Waals surface area contributed by atoms with Crippen molar-refractivity contribution in [2.24, 2.45) is 0 Å². The third-order valence-electron chi connectivity index (χ3n) is 5.24. The molecule has 1 N–H and O–H groups in total. The molecule has 0 bridgehead atoms. The summed E-state index contributed by atoms with van der Waals surface area (Å²) in [5.74, 6) is -0.174. The van der Waals surface area contributed by atoms with E-state index in [1.54, 1.807) is 24.3 Å². The molecule has 1 aromatic heterocycles. The number of benzene rings is 2. The van der Waals surface area contributed by atoms with Gasteiger partial charge in [0.1, 0.15) is 0 Å². The van der Waals surface area contributed by atoms with Gasteiger partial charge in [-0.2, -0.15) is 0 Å². The van der Waals surface area contributed by atoms with Gasteiger partial charge in [-0.1, -0.05) is 23.7 Å². The minimum atomic E-state index is -0.174. The van der Waals surface area contributed by atoms with Gasteiger partial charge in [-0.15, -0.1) is 0 Å². The summed E-state index contributed by atoms with van der Waals surface area (Å²) in [6.07, 6.45) is 5.28. The maximum atomic E-state index is 12.5. The molecule has 1 amide bonds. The van der Waals surface area contributed by atoms with Crippen LogP contribution in [0.5, 0.6) is 0 Å². The van der Waals surface area contributed by atoms with Crippen molar-refractivity contribution in [1.82, 2.24) is 9.55 Å². The van der Waals surface area contributed by atoms with Gasteiger partial charge >= 0.3 is 0 Å². The molecule has 2 heterocycles. The number of carbonyl (C=O) groups is 1. The van der Waals surface area contributed by atoms with Crippen LogP contribution >= 0.6 is 11.6 Å². The molecule has 0 saturated carbocycles. The number of hydrogen-bond donors (Lipinski definition) is 1. The fourth-order valence-corrected chi connectivity index (χ4v) is 3.99. The highest BCUT2D eigenvalue weighted by Gasteiger charge is 2.14. The maximum Gasteiger partial charge on any atom is 0.261 e. The Morgan fingerprint density at radius 2 is 1.90 bits per heavy atom. The number of aromatic nitrogens is 2. The average molecular weight is 411 g/mol. The maximum absolute atomic E-state index is 12.5. The van der Waals surface area contributed by atoms with E-state index < -0.39 is 0 Å². The first-order chi connectivity index (χ1) is 14.1. The number of anilines is 2. The molecule has 1 aliphatic rings. The van der Waals surface area contributed by atoms with E-state index in [1.807, 2.05) is 18.2 Å². The van der Waals surface area contributed by atoms with Crippen molar-refractivity contribution >= 4 is 39.8 Å². The van der Waals surface area contributed by atoms with Crippen molar-refractivity contribution in [3.63, 3.8) is 0 Å². The van der Waals surface area contributed by atoms with Crippen LogP contribution in [0.15, 0.2) is 53.6 Å². The number of piperidine rings is 1. The predicted molar refractivity (Wildman–Crippen MR) is 117 cm³/mol. The summed E-state index contributed by atoms with van der Waals surface area (Å²) in [7, 11) is 0. The third kappa shape index (κ3) is 4.43. The van der Waals surface area contributed by atoms with Crippen LogP contribution < -0.4 is 15.8 Å². The van der Waals surface area contributed by atoms with Crippen molar-refractivity contribution in [2.75, 3.05) is 23.3 Å². The highest BCUT2D eigenvalue weighted by Crippen LogP contribution is 2.30. The fraction of sp³-hybridized carbons (Fsp3) is 0.318. The van der Waals surface area contributed by atoms with Crippen molar-refractivity contribution in [2.45, 2.75) is 32.2 Å². The Balaban J connectivity index is 1.39. The zero-order valence-corrected chi connectivity index (χ0v) is 16.9. The zero-order chi connectivity index (χ0) is 20.2. The zero-order valence-electron chi connectivity index (χ0n) is 16.1. The number of aryl methyl sites for hydroxylation is 1. The highest BCUT2D eigenvalue weighted by molar-refractivity contribution is 6.33. The molecule has 3 aromatic rings. The first-order valence-electron chi connectivity index (χ1n) is 9.90. The molecule has 2 aromatic carbocycles. The van der Waals surface area contributed by atoms with E-state index in [1.165, 1.54) is 30.2 Å². The standard InChI is InChI=1S/C22H23ClN4O2/c23-18-14-16(8-9-20(18)26-11-4-1-5-12-26)25-21(28)10-13-27-15-24-19-7-3-2-6-17(19)22(27)29/h2-3,6-9,14-15H,1,4-5,10-13H2,(H,25,28). The molecule has 6 nitrogen and oxygen atoms in total. The van der Waals surface area contributed by atoms with E-state index in [0.717, 1.165) is 18.8 Å². The topological polar surface area (TPSA) is 67.2 Å². The summed E-state index contributed by atoms with van der Waals surface area (Å²) in [6.45, 7) is 2.29. The molecule has 7 heteroatoms. The Morgan fingerprint density at radius 3 is 2.69 bits per heavy atom. The van der Waals surface area contributed by atoms with E-state index in [0.29, 0.717) is 21.6 Å². The Bertz CT molecular complexity index is 1090. The van der Waals surface area contributed by atoms with Crippen LogP contribution in [0.1, 0.15) is 25.7 Å². The number of nitrogens with one attached hydrogen (secondary N) is 1. The number of amides is 1. The number of rotatable bonds is 5. The molecule has 1 fully saturated rings. The molecule has 4 rings (SSSR count). The summed E-state index contributed by atoms with van der Waals surface area (Å²) < 4.78 is 1.47. The Labute approximate surface area is 174 Å². The monoisotopic (exact) mass is 410 g/mol. The fourth-order valence-electron chi connectivity index (χ4n) is 3.69. The summed E-state index contributed by atoms with van der Waals surface area (Å²) in [4.78, 5) is 31.4. The number of halogens is 1. The van der Waals surface area contributed by atoms with E-state index in [4.69, 9.17) is 11.6 Å². The van der Waals surface area contributed by atoms with Gasteiger partial charge in [0.05, 0.1) is 27.9 Å². The SMILES string of the molecule is O=C(CCn1cnc2ccccc2c1=O)Nc1ccc(N2CCCCC2)c(Cl)c1. The van der Waals surface area contributed by atoms with Crippen LogP contribution in [0.4, 0.5) is 11.4 Å². The smallest absolute Gasteiger partial charge is 0.261 e. The third-order valence-corrected chi connectivity index (χ3v) is 5.54. The Morgan fingerprint density at radius 1 is 1.10 bits per heavy atom. The molecular formula is C22H23ClN4O2. The van der Waals surface area contributed by atoms with Gasteiger partial charge in [0.2, 0.25) is 5.91 Å². The average Bonchev–Trinajstić information content (AvgIpc) is 2.74. The van der Waals surface area contributed by atoms with Gasteiger partial charge in [-0.05, 0) is 49.6 Å². The number of hydrogen-bond acceptors (Lipinski definition) is 4. The van der Waals surface area contributed by atoms with Crippen LogP contribution in [-0.2, 0) is 11.3 Å². The van der Waals surface area contributed by atoms with Crippen LogP contribution in [0.2, 0.25) is 5.02 Å². The number of para-hydroxylation sites is 1. The van der Waals surface area contributed by atoms with Crippen molar-refractivity contribution in [1.29, 1.82) is 0 Å². The first kappa shape index (κ1) is 19.5. The van der Waals surface area contributed by atoms with Gasteiger partial charge in [0.15, 0.2) is 0 Å². The van der Waals surface area contributed by atoms with Crippen LogP contribution in [0.25, 0.3) is 10.9 Å². The predicted octanol–water partition coefficient (Wildman–Crippen LogP) is 4.07. The van der Waals surface area contributed by atoms with Gasteiger partial charge in [0, 0.05) is 31.7 Å². The molecule has 1 aliphatic heterocycles. The van der Waals surface area contributed by atoms with Crippen LogP contribution in [0.3, 0.4) is 0 Å². The number of carbonyl (C=O) groups excluding carboxylic acids is 1. The Hall–Kier alpha value is -2.86. The minimum Gasteiger partial charge on any atom is -0.370 e. The summed E-state index contributed by atoms with van der Waals surface area (Å²) >= 11 is 6.45. The highest BCUT2D eigenvalue weighted by atomic mass is 35.5. The largest absolute Gasteiger partial charge is 0.370 e. The molecule has 0 unspecified atom stereocenters.